The van der Waals surface area contributed by atoms with Crippen molar-refractivity contribution in [1.82, 2.24) is 9.62 Å². The lowest BCUT2D eigenvalue weighted by atomic mass is 9.99. The van der Waals surface area contributed by atoms with Crippen LogP contribution in [0.2, 0.25) is 0 Å². The maximum absolute atomic E-state index is 13.1. The molecule has 1 aliphatic rings. The summed E-state index contributed by atoms with van der Waals surface area (Å²) in [6.07, 6.45) is 0. The third-order valence-electron chi connectivity index (χ3n) is 5.03. The van der Waals surface area contributed by atoms with Gasteiger partial charge in [-0.2, -0.15) is 0 Å². The van der Waals surface area contributed by atoms with Gasteiger partial charge in [0.2, 0.25) is 10.0 Å². The first-order chi connectivity index (χ1) is 12.9. The van der Waals surface area contributed by atoms with Crippen molar-refractivity contribution in [3.05, 3.63) is 65.2 Å². The summed E-state index contributed by atoms with van der Waals surface area (Å²) >= 11 is 0. The van der Waals surface area contributed by atoms with E-state index < -0.39 is 10.0 Å². The van der Waals surface area contributed by atoms with E-state index >= 15 is 0 Å². The van der Waals surface area contributed by atoms with Gasteiger partial charge in [-0.15, -0.1) is 0 Å². The number of morpholine rings is 1. The number of hydrogen-bond acceptors (Lipinski definition) is 4. The van der Waals surface area contributed by atoms with Crippen LogP contribution in [-0.4, -0.2) is 45.7 Å². The van der Waals surface area contributed by atoms with E-state index in [1.165, 1.54) is 0 Å². The van der Waals surface area contributed by atoms with Gasteiger partial charge >= 0.3 is 0 Å². The normalized spacial score (nSPS) is 18.2. The van der Waals surface area contributed by atoms with Gasteiger partial charge < -0.3 is 4.74 Å². The maximum atomic E-state index is 13.1. The second-order valence-corrected chi connectivity index (χ2v) is 8.87. The van der Waals surface area contributed by atoms with Crippen molar-refractivity contribution < 1.29 is 13.2 Å². The van der Waals surface area contributed by atoms with Crippen molar-refractivity contribution in [1.29, 1.82) is 0 Å². The summed E-state index contributed by atoms with van der Waals surface area (Å²) in [6, 6.07) is 15.3. The zero-order valence-electron chi connectivity index (χ0n) is 16.2. The minimum atomic E-state index is -3.61. The van der Waals surface area contributed by atoms with Crippen LogP contribution in [0, 0.1) is 13.8 Å². The van der Waals surface area contributed by atoms with E-state index in [0.717, 1.165) is 29.8 Å². The molecule has 6 heteroatoms. The molecule has 146 valence electrons. The van der Waals surface area contributed by atoms with Gasteiger partial charge in [0.15, 0.2) is 0 Å². The number of ether oxygens (including phenoxy) is 1. The zero-order valence-corrected chi connectivity index (χ0v) is 17.0. The minimum absolute atomic E-state index is 0.0463. The van der Waals surface area contributed by atoms with Crippen molar-refractivity contribution in [2.75, 3.05) is 26.3 Å². The molecule has 0 aliphatic carbocycles. The smallest absolute Gasteiger partial charge is 0.241 e. The Morgan fingerprint density at radius 1 is 1.04 bits per heavy atom. The van der Waals surface area contributed by atoms with E-state index in [9.17, 15) is 8.42 Å². The molecule has 1 fully saturated rings. The van der Waals surface area contributed by atoms with Gasteiger partial charge in [0, 0.05) is 19.1 Å². The van der Waals surface area contributed by atoms with E-state index in [-0.39, 0.29) is 12.1 Å². The Labute approximate surface area is 162 Å². The number of benzene rings is 2. The first-order valence-electron chi connectivity index (χ1n) is 9.35. The molecule has 0 spiro atoms. The highest BCUT2D eigenvalue weighted by Gasteiger charge is 2.31. The Balaban J connectivity index is 1.89. The highest BCUT2D eigenvalue weighted by Crippen LogP contribution is 2.27. The average Bonchev–Trinajstić information content (AvgIpc) is 2.65. The molecular formula is C21H28N2O3S. The van der Waals surface area contributed by atoms with Gasteiger partial charge in [0.05, 0.1) is 24.2 Å². The average molecular weight is 389 g/mol. The molecule has 0 unspecified atom stereocenters. The van der Waals surface area contributed by atoms with Crippen molar-refractivity contribution in [2.45, 2.75) is 37.8 Å². The molecule has 2 aromatic rings. The van der Waals surface area contributed by atoms with Crippen LogP contribution in [-0.2, 0) is 14.8 Å². The van der Waals surface area contributed by atoms with Gasteiger partial charge in [-0.05, 0) is 43.5 Å². The van der Waals surface area contributed by atoms with Crippen molar-refractivity contribution in [3.8, 4) is 0 Å². The Kier molecular flexibility index (Phi) is 6.32. The van der Waals surface area contributed by atoms with E-state index in [0.29, 0.717) is 18.1 Å². The molecule has 0 aromatic heterocycles. The first kappa shape index (κ1) is 20.0. The topological polar surface area (TPSA) is 58.6 Å². The fourth-order valence-corrected chi connectivity index (χ4v) is 5.27. The number of aryl methyl sites for hydroxylation is 2. The maximum Gasteiger partial charge on any atom is 0.241 e. The molecule has 0 amide bonds. The van der Waals surface area contributed by atoms with E-state index in [1.54, 1.807) is 6.07 Å². The van der Waals surface area contributed by atoms with Crippen LogP contribution in [0.15, 0.2) is 53.4 Å². The van der Waals surface area contributed by atoms with Gasteiger partial charge in [-0.3, -0.25) is 4.90 Å². The molecular weight excluding hydrogens is 360 g/mol. The van der Waals surface area contributed by atoms with E-state index in [2.05, 4.69) is 21.8 Å². The summed E-state index contributed by atoms with van der Waals surface area (Å²) in [5.74, 6) is 0. The van der Waals surface area contributed by atoms with E-state index in [1.807, 2.05) is 51.1 Å². The highest BCUT2D eigenvalue weighted by molar-refractivity contribution is 7.89. The lowest BCUT2D eigenvalue weighted by molar-refractivity contribution is 0.0105. The fraction of sp³-hybridized carbons (Fsp3) is 0.429. The summed E-state index contributed by atoms with van der Waals surface area (Å²) in [5, 5.41) is 0. The van der Waals surface area contributed by atoms with Gasteiger partial charge in [-0.25, -0.2) is 13.1 Å². The van der Waals surface area contributed by atoms with Crippen molar-refractivity contribution >= 4 is 10.0 Å². The Morgan fingerprint density at radius 2 is 1.70 bits per heavy atom. The lowest BCUT2D eigenvalue weighted by Gasteiger charge is -2.38. The van der Waals surface area contributed by atoms with Gasteiger partial charge in [0.1, 0.15) is 0 Å². The molecule has 1 N–H and O–H groups in total. The molecule has 2 atom stereocenters. The second kappa shape index (κ2) is 8.52. The second-order valence-electron chi connectivity index (χ2n) is 7.18. The standard InChI is InChI=1S/C21H28N2O3S/c1-16-9-10-17(2)20(15-16)27(24,25)22-18(3)21(19-7-5-4-6-8-19)23-11-13-26-14-12-23/h4-10,15,18,21-22H,11-14H2,1-3H3/t18-,21-/m0/s1. The number of nitrogens with zero attached hydrogens (tertiary/aromatic N) is 1. The quantitative estimate of drug-likeness (QED) is 0.826. The van der Waals surface area contributed by atoms with Crippen LogP contribution in [0.4, 0.5) is 0 Å². The summed E-state index contributed by atoms with van der Waals surface area (Å²) < 4.78 is 34.6. The summed E-state index contributed by atoms with van der Waals surface area (Å²) in [4.78, 5) is 2.65. The molecule has 2 aromatic carbocycles. The van der Waals surface area contributed by atoms with Crippen LogP contribution >= 0.6 is 0 Å². The van der Waals surface area contributed by atoms with Gasteiger partial charge in [0.25, 0.3) is 0 Å². The third-order valence-corrected chi connectivity index (χ3v) is 6.73. The summed E-state index contributed by atoms with van der Waals surface area (Å²) in [7, 11) is -3.61. The van der Waals surface area contributed by atoms with E-state index in [4.69, 9.17) is 4.74 Å². The van der Waals surface area contributed by atoms with Crippen LogP contribution in [0.5, 0.6) is 0 Å². The molecule has 0 bridgehead atoms. The third kappa shape index (κ3) is 4.76. The Hall–Kier alpha value is -1.73. The molecule has 1 saturated heterocycles. The first-order valence-corrected chi connectivity index (χ1v) is 10.8. The molecule has 0 radical (unpaired) electrons. The van der Waals surface area contributed by atoms with Crippen LogP contribution in [0.3, 0.4) is 0 Å². The molecule has 1 heterocycles. The number of sulfonamides is 1. The van der Waals surface area contributed by atoms with Gasteiger partial charge in [-0.1, -0.05) is 42.5 Å². The zero-order chi connectivity index (χ0) is 19.4. The SMILES string of the molecule is Cc1ccc(C)c(S(=O)(=O)N[C@@H](C)[C@@H](c2ccccc2)N2CCOCC2)c1. The number of rotatable bonds is 6. The minimum Gasteiger partial charge on any atom is -0.379 e. The van der Waals surface area contributed by atoms with Crippen molar-refractivity contribution in [2.24, 2.45) is 0 Å². The highest BCUT2D eigenvalue weighted by atomic mass is 32.2. The van der Waals surface area contributed by atoms with Crippen LogP contribution in [0.1, 0.15) is 29.7 Å². The predicted octanol–water partition coefficient (Wildman–Crippen LogP) is 3.04. The van der Waals surface area contributed by atoms with Crippen LogP contribution < -0.4 is 4.72 Å². The molecule has 27 heavy (non-hydrogen) atoms. The molecule has 0 saturated carbocycles. The largest absolute Gasteiger partial charge is 0.379 e. The number of nitrogens with one attached hydrogen (secondary N) is 1. The van der Waals surface area contributed by atoms with Crippen molar-refractivity contribution in [3.63, 3.8) is 0 Å². The molecule has 1 aliphatic heterocycles. The van der Waals surface area contributed by atoms with Crippen LogP contribution in [0.25, 0.3) is 0 Å². The summed E-state index contributed by atoms with van der Waals surface area (Å²) in [6.45, 7) is 8.58. The monoisotopic (exact) mass is 388 g/mol. The Morgan fingerprint density at radius 3 is 2.37 bits per heavy atom. The molecule has 3 rings (SSSR count). The molecule has 5 nitrogen and oxygen atoms in total. The lowest BCUT2D eigenvalue weighted by Crippen LogP contribution is -2.48. The summed E-state index contributed by atoms with van der Waals surface area (Å²) in [5.41, 5.74) is 2.79. The Bertz CT molecular complexity index is 862. The number of hydrogen-bond donors (Lipinski definition) is 1. The fourth-order valence-electron chi connectivity index (χ4n) is 3.69. The predicted molar refractivity (Wildman–Crippen MR) is 107 cm³/mol.